The van der Waals surface area contributed by atoms with Crippen LogP contribution in [0.4, 0.5) is 0 Å². The van der Waals surface area contributed by atoms with Crippen LogP contribution in [-0.4, -0.2) is 34.0 Å². The van der Waals surface area contributed by atoms with E-state index in [1.54, 1.807) is 22.9 Å². The van der Waals surface area contributed by atoms with E-state index in [2.05, 4.69) is 22.4 Å². The molecular formula is C29H30N4O3S. The van der Waals surface area contributed by atoms with Crippen LogP contribution >= 0.6 is 11.8 Å². The Hall–Kier alpha value is -3.91. The first-order chi connectivity index (χ1) is 18.0. The predicted molar refractivity (Wildman–Crippen MR) is 150 cm³/mol. The number of thioether (sulfide) groups is 1. The molecule has 0 spiro atoms. The first-order valence-corrected chi connectivity index (χ1v) is 13.3. The van der Waals surface area contributed by atoms with E-state index >= 15 is 0 Å². The SMILES string of the molecule is CCCCCOc1ccc(C=NNC(=O)CSc2nc3ccccc3c(=O)n2-c2ccc(C)cc2)cc1. The highest BCUT2D eigenvalue weighted by molar-refractivity contribution is 7.99. The van der Waals surface area contributed by atoms with Crippen molar-refractivity contribution >= 4 is 34.8 Å². The van der Waals surface area contributed by atoms with Crippen LogP contribution in [0, 0.1) is 6.92 Å². The summed E-state index contributed by atoms with van der Waals surface area (Å²) < 4.78 is 7.27. The summed E-state index contributed by atoms with van der Waals surface area (Å²) in [6, 6.07) is 22.4. The molecule has 1 heterocycles. The van der Waals surface area contributed by atoms with Crippen molar-refractivity contribution in [2.45, 2.75) is 38.3 Å². The average Bonchev–Trinajstić information content (AvgIpc) is 2.92. The third-order valence-electron chi connectivity index (χ3n) is 5.67. The van der Waals surface area contributed by atoms with Crippen molar-refractivity contribution in [3.8, 4) is 11.4 Å². The van der Waals surface area contributed by atoms with E-state index in [1.807, 2.05) is 67.6 Å². The van der Waals surface area contributed by atoms with Crippen molar-refractivity contribution in [1.82, 2.24) is 15.0 Å². The molecule has 0 aliphatic rings. The minimum Gasteiger partial charge on any atom is -0.494 e. The Balaban J connectivity index is 1.40. The molecule has 37 heavy (non-hydrogen) atoms. The van der Waals surface area contributed by atoms with Gasteiger partial charge in [0, 0.05) is 0 Å². The summed E-state index contributed by atoms with van der Waals surface area (Å²) in [6.45, 7) is 4.86. The molecule has 4 rings (SSSR count). The number of hydrogen-bond acceptors (Lipinski definition) is 6. The summed E-state index contributed by atoms with van der Waals surface area (Å²) in [5.74, 6) is 0.574. The molecular weight excluding hydrogens is 484 g/mol. The summed E-state index contributed by atoms with van der Waals surface area (Å²) in [6.07, 6.45) is 4.94. The maximum Gasteiger partial charge on any atom is 0.266 e. The molecule has 0 radical (unpaired) electrons. The predicted octanol–water partition coefficient (Wildman–Crippen LogP) is 5.51. The number of rotatable bonds is 11. The number of fused-ring (bicyclic) bond motifs is 1. The number of aryl methyl sites for hydroxylation is 1. The van der Waals surface area contributed by atoms with Gasteiger partial charge in [-0.1, -0.05) is 61.4 Å². The fourth-order valence-electron chi connectivity index (χ4n) is 3.66. The molecule has 0 aliphatic carbocycles. The molecule has 1 amide bonds. The maximum absolute atomic E-state index is 13.3. The van der Waals surface area contributed by atoms with Crippen molar-refractivity contribution in [3.05, 3.63) is 94.3 Å². The zero-order valence-electron chi connectivity index (χ0n) is 21.0. The molecule has 0 fully saturated rings. The third-order valence-corrected chi connectivity index (χ3v) is 6.61. The zero-order chi connectivity index (χ0) is 26.0. The molecule has 3 aromatic carbocycles. The lowest BCUT2D eigenvalue weighted by atomic mass is 10.2. The number of hydrogen-bond donors (Lipinski definition) is 1. The second kappa shape index (κ2) is 12.9. The van der Waals surface area contributed by atoms with Crippen LogP contribution in [0.5, 0.6) is 5.75 Å². The molecule has 190 valence electrons. The van der Waals surface area contributed by atoms with E-state index in [4.69, 9.17) is 4.74 Å². The summed E-state index contributed by atoms with van der Waals surface area (Å²) in [7, 11) is 0. The van der Waals surface area contributed by atoms with Crippen LogP contribution in [-0.2, 0) is 4.79 Å². The zero-order valence-corrected chi connectivity index (χ0v) is 21.8. The highest BCUT2D eigenvalue weighted by Crippen LogP contribution is 2.21. The lowest BCUT2D eigenvalue weighted by molar-refractivity contribution is -0.118. The van der Waals surface area contributed by atoms with E-state index < -0.39 is 0 Å². The maximum atomic E-state index is 13.3. The van der Waals surface area contributed by atoms with Gasteiger partial charge in [0.15, 0.2) is 5.16 Å². The summed E-state index contributed by atoms with van der Waals surface area (Å²) in [5.41, 5.74) is 5.60. The number of carbonyl (C=O) groups excluding carboxylic acids is 1. The van der Waals surface area contributed by atoms with Crippen molar-refractivity contribution in [3.63, 3.8) is 0 Å². The molecule has 0 aliphatic heterocycles. The van der Waals surface area contributed by atoms with Crippen LogP contribution in [0.15, 0.2) is 87.8 Å². The van der Waals surface area contributed by atoms with Crippen molar-refractivity contribution < 1.29 is 9.53 Å². The minimum absolute atomic E-state index is 0.0541. The Morgan fingerprint density at radius 1 is 1.05 bits per heavy atom. The standard InChI is InChI=1S/C29H30N4O3S/c1-3-4-7-18-36-24-16-12-22(13-17-24)19-30-32-27(34)20-37-29-31-26-9-6-5-8-25(26)28(35)33(29)23-14-10-21(2)11-15-23/h5-6,8-17,19H,3-4,7,18,20H2,1-2H3,(H,32,34). The van der Waals surface area contributed by atoms with Gasteiger partial charge in [-0.15, -0.1) is 0 Å². The lowest BCUT2D eigenvalue weighted by Gasteiger charge is -2.13. The molecule has 0 bridgehead atoms. The van der Waals surface area contributed by atoms with Gasteiger partial charge >= 0.3 is 0 Å². The number of aromatic nitrogens is 2. The van der Waals surface area contributed by atoms with Gasteiger partial charge in [-0.3, -0.25) is 14.2 Å². The van der Waals surface area contributed by atoms with Gasteiger partial charge < -0.3 is 4.74 Å². The Kier molecular flexibility index (Phi) is 9.10. The number of ether oxygens (including phenoxy) is 1. The van der Waals surface area contributed by atoms with E-state index in [0.29, 0.717) is 28.4 Å². The fraction of sp³-hybridized carbons (Fsp3) is 0.241. The number of benzene rings is 3. The first-order valence-electron chi connectivity index (χ1n) is 12.3. The Morgan fingerprint density at radius 3 is 2.57 bits per heavy atom. The fourth-order valence-corrected chi connectivity index (χ4v) is 4.47. The van der Waals surface area contributed by atoms with Crippen LogP contribution in [0.1, 0.15) is 37.3 Å². The van der Waals surface area contributed by atoms with E-state index in [0.717, 1.165) is 36.1 Å². The first kappa shape index (κ1) is 26.2. The molecule has 0 atom stereocenters. The summed E-state index contributed by atoms with van der Waals surface area (Å²) in [5, 5.41) is 5.03. The minimum atomic E-state index is -0.296. The lowest BCUT2D eigenvalue weighted by Crippen LogP contribution is -2.24. The topological polar surface area (TPSA) is 85.6 Å². The van der Waals surface area contributed by atoms with Crippen molar-refractivity contribution in [1.29, 1.82) is 0 Å². The number of unbranched alkanes of at least 4 members (excludes halogenated alkanes) is 2. The van der Waals surface area contributed by atoms with Crippen LogP contribution in [0.3, 0.4) is 0 Å². The van der Waals surface area contributed by atoms with Gasteiger partial charge in [0.05, 0.1) is 35.2 Å². The van der Waals surface area contributed by atoms with Gasteiger partial charge in [0.2, 0.25) is 0 Å². The molecule has 8 heteroatoms. The number of nitrogens with zero attached hydrogens (tertiary/aromatic N) is 3. The monoisotopic (exact) mass is 514 g/mol. The molecule has 1 aromatic heterocycles. The van der Waals surface area contributed by atoms with Crippen LogP contribution in [0.25, 0.3) is 16.6 Å². The second-order valence-corrected chi connectivity index (χ2v) is 9.54. The van der Waals surface area contributed by atoms with E-state index in [9.17, 15) is 9.59 Å². The summed E-state index contributed by atoms with van der Waals surface area (Å²) in [4.78, 5) is 30.5. The molecule has 4 aromatic rings. The molecule has 0 saturated heterocycles. The van der Waals surface area contributed by atoms with Crippen molar-refractivity contribution in [2.75, 3.05) is 12.4 Å². The number of para-hydroxylation sites is 1. The Morgan fingerprint density at radius 2 is 1.81 bits per heavy atom. The molecule has 1 N–H and O–H groups in total. The normalized spacial score (nSPS) is 11.2. The molecule has 7 nitrogen and oxygen atoms in total. The molecule has 0 saturated carbocycles. The van der Waals surface area contributed by atoms with Gasteiger partial charge in [-0.2, -0.15) is 5.10 Å². The van der Waals surface area contributed by atoms with E-state index in [1.165, 1.54) is 11.8 Å². The Bertz CT molecular complexity index is 1430. The third kappa shape index (κ3) is 7.07. The van der Waals surface area contributed by atoms with Gasteiger partial charge in [-0.25, -0.2) is 10.4 Å². The average molecular weight is 515 g/mol. The molecule has 0 unspecified atom stereocenters. The Labute approximate surface area is 220 Å². The number of amides is 1. The quantitative estimate of drug-likeness (QED) is 0.0938. The van der Waals surface area contributed by atoms with Crippen LogP contribution < -0.4 is 15.7 Å². The smallest absolute Gasteiger partial charge is 0.266 e. The van der Waals surface area contributed by atoms with Crippen LogP contribution in [0.2, 0.25) is 0 Å². The number of nitrogens with one attached hydrogen (secondary N) is 1. The number of carbonyl (C=O) groups is 1. The summed E-state index contributed by atoms with van der Waals surface area (Å²) >= 11 is 1.19. The largest absolute Gasteiger partial charge is 0.494 e. The highest BCUT2D eigenvalue weighted by atomic mass is 32.2. The van der Waals surface area contributed by atoms with E-state index in [-0.39, 0.29) is 17.2 Å². The van der Waals surface area contributed by atoms with Gasteiger partial charge in [0.25, 0.3) is 11.5 Å². The number of hydrazone groups is 1. The highest BCUT2D eigenvalue weighted by Gasteiger charge is 2.14. The second-order valence-electron chi connectivity index (χ2n) is 8.59. The van der Waals surface area contributed by atoms with Gasteiger partial charge in [0.1, 0.15) is 5.75 Å². The van der Waals surface area contributed by atoms with Crippen molar-refractivity contribution in [2.24, 2.45) is 5.10 Å². The van der Waals surface area contributed by atoms with Gasteiger partial charge in [-0.05, 0) is 67.4 Å².